The van der Waals surface area contributed by atoms with Crippen molar-refractivity contribution in [2.24, 2.45) is 0 Å². The summed E-state index contributed by atoms with van der Waals surface area (Å²) in [7, 11) is -4.00. The second-order valence-electron chi connectivity index (χ2n) is 3.88. The molecule has 0 saturated carbocycles. The maximum absolute atomic E-state index is 12.0. The fourth-order valence-corrected chi connectivity index (χ4v) is 3.61. The van der Waals surface area contributed by atoms with E-state index in [1.807, 2.05) is 0 Å². The van der Waals surface area contributed by atoms with Crippen LogP contribution in [0.3, 0.4) is 0 Å². The fraction of sp³-hybridized carbons (Fsp3) is 0.778. The van der Waals surface area contributed by atoms with Crippen LogP contribution in [0, 0.1) is 11.3 Å². The lowest BCUT2D eigenvalue weighted by Gasteiger charge is -2.22. The van der Waals surface area contributed by atoms with Crippen molar-refractivity contribution < 1.29 is 23.4 Å². The molecule has 1 fully saturated rings. The van der Waals surface area contributed by atoms with Gasteiger partial charge in [-0.25, -0.2) is 8.42 Å². The molecule has 3 atom stereocenters. The number of carboxylic acids is 1. The highest BCUT2D eigenvalue weighted by molar-refractivity contribution is 7.90. The number of carboxylic acid groups (broad SMARTS) is 1. The lowest BCUT2D eigenvalue weighted by atomic mass is 10.2. The van der Waals surface area contributed by atoms with Crippen LogP contribution in [-0.4, -0.2) is 52.8 Å². The van der Waals surface area contributed by atoms with Gasteiger partial charge in [-0.3, -0.25) is 4.79 Å². The van der Waals surface area contributed by atoms with E-state index in [1.54, 1.807) is 6.07 Å². The Bertz CT molecular complexity index is 441. The van der Waals surface area contributed by atoms with Gasteiger partial charge in [0, 0.05) is 13.0 Å². The molecule has 0 bridgehead atoms. The Morgan fingerprint density at radius 2 is 2.24 bits per heavy atom. The highest BCUT2D eigenvalue weighted by atomic mass is 32.2. The Labute approximate surface area is 99.3 Å². The van der Waals surface area contributed by atoms with Crippen molar-refractivity contribution in [1.29, 1.82) is 5.26 Å². The van der Waals surface area contributed by atoms with E-state index in [0.29, 0.717) is 0 Å². The second-order valence-corrected chi connectivity index (χ2v) is 5.95. The van der Waals surface area contributed by atoms with Crippen LogP contribution in [0.4, 0.5) is 0 Å². The van der Waals surface area contributed by atoms with Gasteiger partial charge in [-0.1, -0.05) is 6.92 Å². The molecule has 1 heterocycles. The summed E-state index contributed by atoms with van der Waals surface area (Å²) >= 11 is 0. The molecule has 0 aromatic heterocycles. The maximum atomic E-state index is 12.0. The number of sulfonamides is 1. The van der Waals surface area contributed by atoms with Crippen molar-refractivity contribution in [3.8, 4) is 6.07 Å². The topological polar surface area (TPSA) is 119 Å². The lowest BCUT2D eigenvalue weighted by Crippen LogP contribution is -2.44. The van der Waals surface area contributed by atoms with Gasteiger partial charge in [-0.15, -0.1) is 0 Å². The van der Waals surface area contributed by atoms with Crippen LogP contribution in [0.25, 0.3) is 0 Å². The van der Waals surface area contributed by atoms with Gasteiger partial charge in [0.15, 0.2) is 5.25 Å². The van der Waals surface area contributed by atoms with Gasteiger partial charge in [-0.05, 0) is 6.42 Å². The van der Waals surface area contributed by atoms with E-state index < -0.39 is 33.4 Å². The molecule has 8 heteroatoms. The number of hydrogen-bond acceptors (Lipinski definition) is 5. The average Bonchev–Trinajstić information content (AvgIpc) is 2.62. The summed E-state index contributed by atoms with van der Waals surface area (Å²) in [5.74, 6) is -1.31. The molecule has 1 aliphatic rings. The number of hydrogen-bond donors (Lipinski definition) is 2. The Balaban J connectivity index is 3.06. The Morgan fingerprint density at radius 1 is 1.65 bits per heavy atom. The molecule has 1 unspecified atom stereocenters. The summed E-state index contributed by atoms with van der Waals surface area (Å²) < 4.78 is 24.7. The van der Waals surface area contributed by atoms with E-state index in [9.17, 15) is 18.3 Å². The average molecular weight is 262 g/mol. The van der Waals surface area contributed by atoms with Crippen LogP contribution in [0.5, 0.6) is 0 Å². The molecular weight excluding hydrogens is 248 g/mol. The highest BCUT2D eigenvalue weighted by Gasteiger charge is 2.45. The molecule has 1 aliphatic heterocycles. The molecule has 0 aliphatic carbocycles. The first kappa shape index (κ1) is 13.9. The third-order valence-corrected chi connectivity index (χ3v) is 4.94. The first-order valence-corrected chi connectivity index (χ1v) is 6.66. The molecule has 7 nitrogen and oxygen atoms in total. The van der Waals surface area contributed by atoms with Crippen LogP contribution < -0.4 is 0 Å². The van der Waals surface area contributed by atoms with Gasteiger partial charge in [0.1, 0.15) is 6.04 Å². The molecule has 0 amide bonds. The number of aliphatic hydroxyl groups is 1. The van der Waals surface area contributed by atoms with Gasteiger partial charge >= 0.3 is 5.97 Å². The molecule has 2 N–H and O–H groups in total. The van der Waals surface area contributed by atoms with E-state index in [2.05, 4.69) is 0 Å². The predicted octanol–water partition coefficient (Wildman–Crippen LogP) is -0.862. The van der Waals surface area contributed by atoms with Gasteiger partial charge in [0.25, 0.3) is 0 Å². The van der Waals surface area contributed by atoms with Crippen LogP contribution in [0.15, 0.2) is 0 Å². The summed E-state index contributed by atoms with van der Waals surface area (Å²) in [4.78, 5) is 10.9. The van der Waals surface area contributed by atoms with E-state index in [0.717, 1.165) is 4.31 Å². The molecule has 0 aromatic carbocycles. The zero-order valence-corrected chi connectivity index (χ0v) is 10.1. The smallest absolute Gasteiger partial charge is 0.322 e. The monoisotopic (exact) mass is 262 g/mol. The quantitative estimate of drug-likeness (QED) is 0.680. The standard InChI is InChI=1S/C9H14N2O5S/c1-2-7(4-10)17(15,16)11-5-6(12)3-8(11)9(13)14/h6-8,12H,2-3,5H2,1H3,(H,13,14)/t6-,7?,8+/m1/s1. The molecule has 17 heavy (non-hydrogen) atoms. The second kappa shape index (κ2) is 5.00. The molecule has 96 valence electrons. The van der Waals surface area contributed by atoms with Crippen molar-refractivity contribution in [3.05, 3.63) is 0 Å². The molecule has 0 aromatic rings. The SMILES string of the molecule is CCC(C#N)S(=O)(=O)N1C[C@H](O)C[C@H]1C(=O)O. The number of carbonyl (C=O) groups is 1. The van der Waals surface area contributed by atoms with E-state index in [4.69, 9.17) is 10.4 Å². The van der Waals surface area contributed by atoms with Crippen LogP contribution in [0.1, 0.15) is 19.8 Å². The van der Waals surface area contributed by atoms with Crippen molar-refractivity contribution in [2.45, 2.75) is 37.2 Å². The van der Waals surface area contributed by atoms with Crippen molar-refractivity contribution in [1.82, 2.24) is 4.31 Å². The normalized spacial score (nSPS) is 27.6. The fourth-order valence-electron chi connectivity index (χ4n) is 1.82. The summed E-state index contributed by atoms with van der Waals surface area (Å²) in [6, 6.07) is 0.359. The molecule has 1 rings (SSSR count). The number of aliphatic carboxylic acids is 1. The molecule has 0 radical (unpaired) electrons. The van der Waals surface area contributed by atoms with E-state index in [-0.39, 0.29) is 19.4 Å². The predicted molar refractivity (Wildman–Crippen MR) is 57.4 cm³/mol. The number of nitriles is 1. The zero-order chi connectivity index (χ0) is 13.2. The minimum atomic E-state index is -4.00. The number of rotatable bonds is 4. The Hall–Kier alpha value is -1.17. The highest BCUT2D eigenvalue weighted by Crippen LogP contribution is 2.25. The third-order valence-electron chi connectivity index (χ3n) is 2.72. The summed E-state index contributed by atoms with van der Waals surface area (Å²) in [5.41, 5.74) is 0. The molecule has 0 spiro atoms. The Kier molecular flexibility index (Phi) is 4.08. The van der Waals surface area contributed by atoms with Crippen LogP contribution in [0.2, 0.25) is 0 Å². The van der Waals surface area contributed by atoms with Crippen molar-refractivity contribution in [3.63, 3.8) is 0 Å². The van der Waals surface area contributed by atoms with Gasteiger partial charge in [-0.2, -0.15) is 9.57 Å². The van der Waals surface area contributed by atoms with E-state index in [1.165, 1.54) is 6.92 Å². The van der Waals surface area contributed by atoms with Gasteiger partial charge < -0.3 is 10.2 Å². The van der Waals surface area contributed by atoms with Crippen molar-refractivity contribution >= 4 is 16.0 Å². The number of aliphatic hydroxyl groups excluding tert-OH is 1. The first-order chi connectivity index (χ1) is 7.84. The van der Waals surface area contributed by atoms with Crippen LogP contribution >= 0.6 is 0 Å². The largest absolute Gasteiger partial charge is 0.480 e. The molecule has 1 saturated heterocycles. The van der Waals surface area contributed by atoms with Gasteiger partial charge in [0.2, 0.25) is 10.0 Å². The number of β-amino-alcohol motifs (C(OH)–C–C–N with tert-alkyl or cyclic N) is 1. The summed E-state index contributed by atoms with van der Waals surface area (Å²) in [6.45, 7) is 1.27. The summed E-state index contributed by atoms with van der Waals surface area (Å²) in [5, 5.41) is 25.7. The van der Waals surface area contributed by atoms with Gasteiger partial charge in [0.05, 0.1) is 12.2 Å². The Morgan fingerprint density at radius 3 is 2.65 bits per heavy atom. The lowest BCUT2D eigenvalue weighted by molar-refractivity contribution is -0.140. The first-order valence-electron chi connectivity index (χ1n) is 5.15. The van der Waals surface area contributed by atoms with E-state index >= 15 is 0 Å². The maximum Gasteiger partial charge on any atom is 0.322 e. The molecular formula is C9H14N2O5S. The minimum Gasteiger partial charge on any atom is -0.480 e. The minimum absolute atomic E-state index is 0.0811. The number of nitrogens with zero attached hydrogens (tertiary/aromatic N) is 2. The summed E-state index contributed by atoms with van der Waals surface area (Å²) in [6.07, 6.45) is -1.06. The van der Waals surface area contributed by atoms with Crippen molar-refractivity contribution in [2.75, 3.05) is 6.54 Å². The van der Waals surface area contributed by atoms with Crippen LogP contribution in [-0.2, 0) is 14.8 Å². The third kappa shape index (κ3) is 2.57. The zero-order valence-electron chi connectivity index (χ0n) is 9.28.